The van der Waals surface area contributed by atoms with Gasteiger partial charge in [0.05, 0.1) is 12.8 Å². The van der Waals surface area contributed by atoms with Crippen LogP contribution >= 0.6 is 0 Å². The van der Waals surface area contributed by atoms with E-state index < -0.39 is 5.97 Å². The lowest BCUT2D eigenvalue weighted by atomic mass is 10.3. The number of carbonyl (C=O) groups is 2. The maximum Gasteiger partial charge on any atom is 0.358 e. The summed E-state index contributed by atoms with van der Waals surface area (Å²) < 4.78 is 6.22. The number of aromatic carboxylic acids is 1. The predicted molar refractivity (Wildman–Crippen MR) is 70.3 cm³/mol. The van der Waals surface area contributed by atoms with Gasteiger partial charge in [-0.2, -0.15) is 0 Å². The maximum atomic E-state index is 12.1. The Bertz CT molecular complexity index is 438. The molecule has 0 saturated heterocycles. The van der Waals surface area contributed by atoms with E-state index >= 15 is 0 Å². The number of carboxylic acid groups (broad SMARTS) is 1. The number of unbranched alkanes of at least 4 members (excludes halogenated alkanes) is 1. The van der Waals surface area contributed by atoms with E-state index in [4.69, 9.17) is 9.84 Å². The Kier molecular flexibility index (Phi) is 6.65. The Morgan fingerprint density at radius 3 is 2.75 bits per heavy atom. The number of hydrogen-bond donors (Lipinski definition) is 1. The molecular weight excluding hydrogens is 264 g/mol. The fourth-order valence-electron chi connectivity index (χ4n) is 1.62. The summed E-state index contributed by atoms with van der Waals surface area (Å²) >= 11 is 0. The van der Waals surface area contributed by atoms with Crippen LogP contribution in [0.4, 0.5) is 0 Å². The van der Waals surface area contributed by atoms with Crippen LogP contribution in [0.2, 0.25) is 0 Å². The summed E-state index contributed by atoms with van der Waals surface area (Å²) in [5.41, 5.74) is -0.171. The highest BCUT2D eigenvalue weighted by Gasteiger charge is 2.15. The molecule has 0 aliphatic carbocycles. The fourth-order valence-corrected chi connectivity index (χ4v) is 1.62. The maximum absolute atomic E-state index is 12.1. The van der Waals surface area contributed by atoms with Gasteiger partial charge in [-0.3, -0.25) is 4.79 Å². The fraction of sp³-hybridized carbons (Fsp3) is 0.667. The third kappa shape index (κ3) is 4.96. The van der Waals surface area contributed by atoms with Gasteiger partial charge >= 0.3 is 5.97 Å². The summed E-state index contributed by atoms with van der Waals surface area (Å²) in [7, 11) is 1.58. The second kappa shape index (κ2) is 8.26. The van der Waals surface area contributed by atoms with Crippen LogP contribution in [-0.4, -0.2) is 63.7 Å². The van der Waals surface area contributed by atoms with E-state index in [0.29, 0.717) is 19.7 Å². The zero-order valence-electron chi connectivity index (χ0n) is 11.8. The SMILES string of the molecule is CCCCN(CCOC)C(=O)Cn1cc(C(=O)O)nn1. The molecule has 0 spiro atoms. The molecule has 8 nitrogen and oxygen atoms in total. The van der Waals surface area contributed by atoms with Gasteiger partial charge in [-0.1, -0.05) is 18.6 Å². The quantitative estimate of drug-likeness (QED) is 0.698. The zero-order chi connectivity index (χ0) is 15.0. The molecule has 0 radical (unpaired) electrons. The second-order valence-corrected chi connectivity index (χ2v) is 4.33. The summed E-state index contributed by atoms with van der Waals surface area (Å²) in [5, 5.41) is 15.8. The lowest BCUT2D eigenvalue weighted by Gasteiger charge is -2.22. The molecule has 1 aromatic rings. The Morgan fingerprint density at radius 2 is 2.20 bits per heavy atom. The molecule has 0 atom stereocenters. The van der Waals surface area contributed by atoms with E-state index in [0.717, 1.165) is 12.8 Å². The third-order valence-corrected chi connectivity index (χ3v) is 2.75. The van der Waals surface area contributed by atoms with Crippen molar-refractivity contribution in [2.24, 2.45) is 0 Å². The number of carboxylic acids is 1. The van der Waals surface area contributed by atoms with Crippen LogP contribution in [-0.2, 0) is 16.1 Å². The van der Waals surface area contributed by atoms with Crippen LogP contribution in [0.3, 0.4) is 0 Å². The van der Waals surface area contributed by atoms with Gasteiger partial charge in [-0.05, 0) is 6.42 Å². The first-order chi connectivity index (χ1) is 9.58. The molecule has 1 amide bonds. The van der Waals surface area contributed by atoms with Gasteiger partial charge in [-0.15, -0.1) is 5.10 Å². The lowest BCUT2D eigenvalue weighted by Crippen LogP contribution is -2.37. The van der Waals surface area contributed by atoms with Gasteiger partial charge < -0.3 is 14.7 Å². The van der Waals surface area contributed by atoms with Crippen LogP contribution in [0.1, 0.15) is 30.3 Å². The minimum Gasteiger partial charge on any atom is -0.476 e. The average Bonchev–Trinajstić information content (AvgIpc) is 2.87. The van der Waals surface area contributed by atoms with Gasteiger partial charge in [0.25, 0.3) is 0 Å². The Hall–Kier alpha value is -1.96. The molecular formula is C12H20N4O4. The molecule has 1 N–H and O–H groups in total. The van der Waals surface area contributed by atoms with Crippen molar-refractivity contribution >= 4 is 11.9 Å². The van der Waals surface area contributed by atoms with Crippen molar-refractivity contribution in [2.75, 3.05) is 26.8 Å². The van der Waals surface area contributed by atoms with Crippen LogP contribution in [0.25, 0.3) is 0 Å². The highest BCUT2D eigenvalue weighted by molar-refractivity contribution is 5.84. The van der Waals surface area contributed by atoms with Gasteiger partial charge in [0.1, 0.15) is 6.54 Å². The van der Waals surface area contributed by atoms with E-state index in [2.05, 4.69) is 17.2 Å². The summed E-state index contributed by atoms with van der Waals surface area (Å²) in [6, 6.07) is 0. The molecule has 112 valence electrons. The van der Waals surface area contributed by atoms with E-state index in [9.17, 15) is 9.59 Å². The molecule has 0 unspecified atom stereocenters. The highest BCUT2D eigenvalue weighted by atomic mass is 16.5. The van der Waals surface area contributed by atoms with E-state index in [1.165, 1.54) is 10.9 Å². The molecule has 0 aliphatic heterocycles. The molecule has 1 aromatic heterocycles. The van der Waals surface area contributed by atoms with Crippen LogP contribution in [0.5, 0.6) is 0 Å². The first kappa shape index (κ1) is 16.1. The number of rotatable bonds is 9. The number of hydrogen-bond acceptors (Lipinski definition) is 5. The number of nitrogens with zero attached hydrogens (tertiary/aromatic N) is 4. The van der Waals surface area contributed by atoms with Crippen LogP contribution in [0.15, 0.2) is 6.20 Å². The van der Waals surface area contributed by atoms with Crippen LogP contribution < -0.4 is 0 Å². The first-order valence-electron chi connectivity index (χ1n) is 6.48. The second-order valence-electron chi connectivity index (χ2n) is 4.33. The normalized spacial score (nSPS) is 10.5. The summed E-state index contributed by atoms with van der Waals surface area (Å²) in [4.78, 5) is 24.5. The molecule has 1 rings (SSSR count). The number of carbonyl (C=O) groups excluding carboxylic acids is 1. The summed E-state index contributed by atoms with van der Waals surface area (Å²) in [5.74, 6) is -1.29. The Labute approximate surface area is 117 Å². The van der Waals surface area contributed by atoms with E-state index in [-0.39, 0.29) is 18.1 Å². The van der Waals surface area contributed by atoms with Crippen molar-refractivity contribution < 1.29 is 19.4 Å². The Balaban J connectivity index is 2.60. The summed E-state index contributed by atoms with van der Waals surface area (Å²) in [6.07, 6.45) is 3.14. The predicted octanol–water partition coefficient (Wildman–Crippen LogP) is 0.251. The topological polar surface area (TPSA) is 97.5 Å². The molecule has 0 bridgehead atoms. The van der Waals surface area contributed by atoms with Crippen molar-refractivity contribution in [3.63, 3.8) is 0 Å². The lowest BCUT2D eigenvalue weighted by molar-refractivity contribution is -0.132. The highest BCUT2D eigenvalue weighted by Crippen LogP contribution is 2.00. The zero-order valence-corrected chi connectivity index (χ0v) is 11.8. The van der Waals surface area contributed by atoms with Crippen molar-refractivity contribution in [1.29, 1.82) is 0 Å². The molecule has 8 heteroatoms. The minimum atomic E-state index is -1.16. The van der Waals surface area contributed by atoms with Gasteiger partial charge in [0, 0.05) is 20.2 Å². The summed E-state index contributed by atoms with van der Waals surface area (Å²) in [6.45, 7) is 3.66. The monoisotopic (exact) mass is 284 g/mol. The first-order valence-corrected chi connectivity index (χ1v) is 6.48. The smallest absolute Gasteiger partial charge is 0.358 e. The average molecular weight is 284 g/mol. The third-order valence-electron chi connectivity index (χ3n) is 2.75. The number of amides is 1. The number of ether oxygens (including phenoxy) is 1. The molecule has 1 heterocycles. The van der Waals surface area contributed by atoms with Gasteiger partial charge in [0.2, 0.25) is 5.91 Å². The molecule has 0 aliphatic rings. The molecule has 0 saturated carbocycles. The van der Waals surface area contributed by atoms with Crippen molar-refractivity contribution in [2.45, 2.75) is 26.3 Å². The van der Waals surface area contributed by atoms with Gasteiger partial charge in [-0.25, -0.2) is 9.48 Å². The number of methoxy groups -OCH3 is 1. The largest absolute Gasteiger partial charge is 0.476 e. The molecule has 0 fully saturated rings. The Morgan fingerprint density at radius 1 is 1.45 bits per heavy atom. The van der Waals surface area contributed by atoms with Crippen molar-refractivity contribution in [3.05, 3.63) is 11.9 Å². The van der Waals surface area contributed by atoms with Gasteiger partial charge in [0.15, 0.2) is 5.69 Å². The van der Waals surface area contributed by atoms with E-state index in [1.807, 2.05) is 0 Å². The van der Waals surface area contributed by atoms with E-state index in [1.54, 1.807) is 12.0 Å². The van der Waals surface area contributed by atoms with Crippen molar-refractivity contribution in [3.8, 4) is 0 Å². The standard InChI is InChI=1S/C12H20N4O4/c1-3-4-5-15(6-7-20-2)11(17)9-16-8-10(12(18)19)13-14-16/h8H,3-7,9H2,1-2H3,(H,18,19). The van der Waals surface area contributed by atoms with Crippen LogP contribution in [0, 0.1) is 0 Å². The van der Waals surface area contributed by atoms with Crippen molar-refractivity contribution in [1.82, 2.24) is 19.9 Å². The molecule has 20 heavy (non-hydrogen) atoms. The minimum absolute atomic E-state index is 0.0201. The molecule has 0 aromatic carbocycles. The number of aromatic nitrogens is 3.